The maximum absolute atomic E-state index is 12.9. The van der Waals surface area contributed by atoms with Crippen LogP contribution in [0.2, 0.25) is 5.02 Å². The summed E-state index contributed by atoms with van der Waals surface area (Å²) < 4.78 is 1.76. The van der Waals surface area contributed by atoms with Crippen LogP contribution in [0.25, 0.3) is 11.0 Å². The second-order valence-electron chi connectivity index (χ2n) is 8.31. The number of hydrogen-bond donors (Lipinski definition) is 0. The quantitative estimate of drug-likeness (QED) is 0.591. The molecule has 32 heavy (non-hydrogen) atoms. The Morgan fingerprint density at radius 2 is 1.62 bits per heavy atom. The van der Waals surface area contributed by atoms with Crippen LogP contribution in [0.1, 0.15) is 0 Å². The highest BCUT2D eigenvalue weighted by atomic mass is 35.5. The molecule has 1 aromatic carbocycles. The van der Waals surface area contributed by atoms with Gasteiger partial charge in [-0.05, 0) is 24.3 Å². The van der Waals surface area contributed by atoms with Gasteiger partial charge in [0.15, 0.2) is 5.65 Å². The van der Waals surface area contributed by atoms with E-state index in [9.17, 15) is 4.79 Å². The number of fused-ring (bicyclic) bond motifs is 1. The van der Waals surface area contributed by atoms with Gasteiger partial charge < -0.3 is 14.7 Å². The van der Waals surface area contributed by atoms with Gasteiger partial charge in [-0.25, -0.2) is 9.97 Å². The molecule has 2 fully saturated rings. The van der Waals surface area contributed by atoms with Crippen LogP contribution in [0.5, 0.6) is 0 Å². The third-order valence-corrected chi connectivity index (χ3v) is 6.62. The molecule has 2 aromatic heterocycles. The van der Waals surface area contributed by atoms with Crippen molar-refractivity contribution >= 4 is 40.0 Å². The Labute approximate surface area is 192 Å². The van der Waals surface area contributed by atoms with E-state index >= 15 is 0 Å². The van der Waals surface area contributed by atoms with Crippen LogP contribution >= 0.6 is 11.6 Å². The average molecular weight is 455 g/mol. The van der Waals surface area contributed by atoms with Crippen LogP contribution in [0.4, 0.5) is 11.5 Å². The van der Waals surface area contributed by atoms with Gasteiger partial charge in [0, 0.05) is 70.1 Å². The van der Waals surface area contributed by atoms with Gasteiger partial charge >= 0.3 is 0 Å². The first-order valence-corrected chi connectivity index (χ1v) is 11.3. The fourth-order valence-corrected chi connectivity index (χ4v) is 4.60. The number of carbonyl (C=O) groups excluding carboxylic acids is 1. The van der Waals surface area contributed by atoms with Gasteiger partial charge in [-0.3, -0.25) is 14.4 Å². The number of piperazine rings is 2. The van der Waals surface area contributed by atoms with Gasteiger partial charge in [0.05, 0.1) is 18.1 Å². The lowest BCUT2D eigenvalue weighted by molar-refractivity contribution is -0.132. The first-order chi connectivity index (χ1) is 15.6. The summed E-state index contributed by atoms with van der Waals surface area (Å²) in [5, 5.41) is 6.00. The lowest BCUT2D eigenvalue weighted by Gasteiger charge is -2.39. The molecule has 9 nitrogen and oxygen atoms in total. The molecule has 2 aliphatic heterocycles. The molecule has 0 spiro atoms. The summed E-state index contributed by atoms with van der Waals surface area (Å²) in [7, 11) is 1.88. The number of anilines is 2. The van der Waals surface area contributed by atoms with E-state index in [0.717, 1.165) is 61.1 Å². The molecule has 2 saturated heterocycles. The predicted octanol–water partition coefficient (Wildman–Crippen LogP) is 1.49. The standard InChI is InChI=1S/C22H27ClN8O/c1-27-21-19(14-26-27)22(25-16-24-21)31-12-10-30(11-13-31)20(32)15-28-6-8-29(9-7-28)18-4-2-17(23)3-5-18/h2-5,14,16H,6-13,15H2,1H3. The third kappa shape index (κ3) is 4.22. The first-order valence-electron chi connectivity index (χ1n) is 11.0. The number of amides is 1. The molecule has 0 bridgehead atoms. The van der Waals surface area contributed by atoms with Crippen molar-refractivity contribution < 1.29 is 4.79 Å². The Morgan fingerprint density at radius 1 is 0.938 bits per heavy atom. The summed E-state index contributed by atoms with van der Waals surface area (Å²) in [5.74, 6) is 1.10. The molecule has 3 aromatic rings. The lowest BCUT2D eigenvalue weighted by Crippen LogP contribution is -2.54. The fourth-order valence-electron chi connectivity index (χ4n) is 4.48. The van der Waals surface area contributed by atoms with E-state index in [4.69, 9.17) is 11.6 Å². The second kappa shape index (κ2) is 8.91. The maximum Gasteiger partial charge on any atom is 0.236 e. The number of nitrogens with zero attached hydrogens (tertiary/aromatic N) is 8. The van der Waals surface area contributed by atoms with Gasteiger partial charge in [0.25, 0.3) is 0 Å². The first kappa shape index (κ1) is 21.0. The van der Waals surface area contributed by atoms with E-state index in [1.165, 1.54) is 5.69 Å². The Hall–Kier alpha value is -2.91. The van der Waals surface area contributed by atoms with E-state index in [-0.39, 0.29) is 5.91 Å². The highest BCUT2D eigenvalue weighted by Gasteiger charge is 2.26. The van der Waals surface area contributed by atoms with Crippen LogP contribution in [0, 0.1) is 0 Å². The molecule has 1 amide bonds. The van der Waals surface area contributed by atoms with Crippen molar-refractivity contribution in [3.05, 3.63) is 41.8 Å². The molecule has 0 atom stereocenters. The van der Waals surface area contributed by atoms with Crippen LogP contribution in [0.3, 0.4) is 0 Å². The Morgan fingerprint density at radius 3 is 2.34 bits per heavy atom. The van der Waals surface area contributed by atoms with Crippen LogP contribution in [0.15, 0.2) is 36.8 Å². The van der Waals surface area contributed by atoms with Crippen molar-refractivity contribution in [3.63, 3.8) is 0 Å². The topological polar surface area (TPSA) is 73.6 Å². The number of aromatic nitrogens is 4. The fraction of sp³-hybridized carbons (Fsp3) is 0.455. The molecule has 0 unspecified atom stereocenters. The highest BCUT2D eigenvalue weighted by molar-refractivity contribution is 6.30. The van der Waals surface area contributed by atoms with Gasteiger partial charge in [0.1, 0.15) is 12.1 Å². The van der Waals surface area contributed by atoms with Gasteiger partial charge in [-0.15, -0.1) is 0 Å². The Balaban J connectivity index is 1.12. The van der Waals surface area contributed by atoms with E-state index in [1.54, 1.807) is 11.0 Å². The number of halogens is 1. The Bertz CT molecular complexity index is 1090. The van der Waals surface area contributed by atoms with Crippen molar-refractivity contribution in [2.75, 3.05) is 68.7 Å². The van der Waals surface area contributed by atoms with Crippen molar-refractivity contribution in [1.82, 2.24) is 29.5 Å². The molecule has 4 heterocycles. The summed E-state index contributed by atoms with van der Waals surface area (Å²) in [4.78, 5) is 30.5. The number of carbonyl (C=O) groups is 1. The van der Waals surface area contributed by atoms with E-state index < -0.39 is 0 Å². The molecule has 2 aliphatic rings. The van der Waals surface area contributed by atoms with Gasteiger partial charge in [-0.1, -0.05) is 11.6 Å². The number of rotatable bonds is 4. The van der Waals surface area contributed by atoms with Crippen molar-refractivity contribution in [3.8, 4) is 0 Å². The molecule has 0 radical (unpaired) electrons. The lowest BCUT2D eigenvalue weighted by atomic mass is 10.2. The van der Waals surface area contributed by atoms with Gasteiger partial charge in [0.2, 0.25) is 5.91 Å². The minimum absolute atomic E-state index is 0.207. The number of benzene rings is 1. The van der Waals surface area contributed by atoms with Crippen molar-refractivity contribution in [1.29, 1.82) is 0 Å². The summed E-state index contributed by atoms with van der Waals surface area (Å²) in [6.07, 6.45) is 3.40. The molecule has 5 rings (SSSR count). The molecular weight excluding hydrogens is 428 g/mol. The normalized spacial score (nSPS) is 17.9. The molecule has 0 aliphatic carbocycles. The average Bonchev–Trinajstić information content (AvgIpc) is 3.21. The van der Waals surface area contributed by atoms with E-state index in [1.807, 2.05) is 30.3 Å². The largest absolute Gasteiger partial charge is 0.369 e. The van der Waals surface area contributed by atoms with Crippen molar-refractivity contribution in [2.24, 2.45) is 7.05 Å². The van der Waals surface area contributed by atoms with E-state index in [2.05, 4.69) is 41.9 Å². The molecule has 10 heteroatoms. The van der Waals surface area contributed by atoms with Crippen LogP contribution < -0.4 is 9.80 Å². The van der Waals surface area contributed by atoms with Crippen LogP contribution in [-0.2, 0) is 11.8 Å². The van der Waals surface area contributed by atoms with Crippen molar-refractivity contribution in [2.45, 2.75) is 0 Å². The molecule has 0 saturated carbocycles. The van der Waals surface area contributed by atoms with Gasteiger partial charge in [-0.2, -0.15) is 5.10 Å². The minimum atomic E-state index is 0.207. The molecule has 168 valence electrons. The predicted molar refractivity (Wildman–Crippen MR) is 125 cm³/mol. The molecular formula is C22H27ClN8O. The zero-order chi connectivity index (χ0) is 22.1. The summed E-state index contributed by atoms with van der Waals surface area (Å²) >= 11 is 5.99. The monoisotopic (exact) mass is 454 g/mol. The Kier molecular flexibility index (Phi) is 5.84. The number of aryl methyl sites for hydroxylation is 1. The summed E-state index contributed by atoms with van der Waals surface area (Å²) in [6, 6.07) is 7.96. The minimum Gasteiger partial charge on any atom is -0.369 e. The SMILES string of the molecule is Cn1ncc2c(N3CCN(C(=O)CN4CCN(c5ccc(Cl)cc5)CC4)CC3)ncnc21. The summed E-state index contributed by atoms with van der Waals surface area (Å²) in [5.41, 5.74) is 2.01. The van der Waals surface area contributed by atoms with Crippen LogP contribution in [-0.4, -0.2) is 94.4 Å². The molecule has 0 N–H and O–H groups in total. The highest BCUT2D eigenvalue weighted by Crippen LogP contribution is 2.23. The second-order valence-corrected chi connectivity index (χ2v) is 8.75. The zero-order valence-corrected chi connectivity index (χ0v) is 18.9. The maximum atomic E-state index is 12.9. The third-order valence-electron chi connectivity index (χ3n) is 6.36. The zero-order valence-electron chi connectivity index (χ0n) is 18.2. The summed E-state index contributed by atoms with van der Waals surface area (Å²) in [6.45, 7) is 7.01. The number of hydrogen-bond acceptors (Lipinski definition) is 7. The smallest absolute Gasteiger partial charge is 0.236 e. The van der Waals surface area contributed by atoms with E-state index in [0.29, 0.717) is 19.6 Å².